The predicted octanol–water partition coefficient (Wildman–Crippen LogP) is -1.86. The molecule has 0 aromatic carbocycles. The van der Waals surface area contributed by atoms with Gasteiger partial charge < -0.3 is 34.3 Å². The Balaban J connectivity index is 0. The Morgan fingerprint density at radius 2 is 1.36 bits per heavy atom. The van der Waals surface area contributed by atoms with E-state index in [1.54, 1.807) is 4.90 Å². The van der Waals surface area contributed by atoms with Crippen molar-refractivity contribution in [1.29, 1.82) is 0 Å². The molecule has 1 unspecified atom stereocenters. The van der Waals surface area contributed by atoms with E-state index in [1.807, 2.05) is 0 Å². The van der Waals surface area contributed by atoms with E-state index < -0.39 is 25.0 Å². The Hall–Kier alpha value is -3.34. The summed E-state index contributed by atoms with van der Waals surface area (Å²) in [5.74, 6) is -2.27. The van der Waals surface area contributed by atoms with Crippen LogP contribution < -0.4 is 0 Å². The Kier molecular flexibility index (Phi) is 20.0. The first-order valence-electron chi connectivity index (χ1n) is 10.7. The molecule has 1 aliphatic heterocycles. The van der Waals surface area contributed by atoms with Gasteiger partial charge in [0.2, 0.25) is 5.91 Å². The fourth-order valence-electron chi connectivity index (χ4n) is 3.82. The average Bonchev–Trinajstić information content (AvgIpc) is 3.65. The van der Waals surface area contributed by atoms with Crippen molar-refractivity contribution in [2.45, 2.75) is 45.0 Å². The number of hydrogen-bond donors (Lipinski definition) is 4. The topological polar surface area (TPSA) is 234 Å². The van der Waals surface area contributed by atoms with E-state index in [-0.39, 0.29) is 59.1 Å². The third-order valence-corrected chi connectivity index (χ3v) is 5.27. The smallest absolute Gasteiger partial charge is 0 e. The van der Waals surface area contributed by atoms with Crippen LogP contribution in [0.5, 0.6) is 0 Å². The second-order valence-electron chi connectivity index (χ2n) is 7.59. The third kappa shape index (κ3) is 12.4. The van der Waals surface area contributed by atoms with Gasteiger partial charge in [0.05, 0.1) is 25.6 Å². The number of likely N-dealkylation sites (tertiary alicyclic amines) is 1. The third-order valence-electron chi connectivity index (χ3n) is 5.27. The van der Waals surface area contributed by atoms with E-state index in [1.165, 1.54) is 38.8 Å². The Labute approximate surface area is 237 Å². The zero-order valence-corrected chi connectivity index (χ0v) is 23.1. The van der Waals surface area contributed by atoms with Crippen LogP contribution in [0.3, 0.4) is 0 Å². The van der Waals surface area contributed by atoms with Gasteiger partial charge in [0.1, 0.15) is 24.7 Å². The zero-order valence-electron chi connectivity index (χ0n) is 20.4. The summed E-state index contributed by atoms with van der Waals surface area (Å²) in [4.78, 5) is 46.7. The van der Waals surface area contributed by atoms with Crippen LogP contribution in [0.2, 0.25) is 0 Å². The minimum atomic E-state index is -1.64. The molecule has 2 aromatic heterocycles. The second kappa shape index (κ2) is 20.6. The number of hydrogen-bond acceptors (Lipinski definition) is 8. The molecule has 39 heavy (non-hydrogen) atoms. The molecule has 18 heteroatoms. The van der Waals surface area contributed by atoms with Gasteiger partial charge in [0.15, 0.2) is 0 Å². The van der Waals surface area contributed by atoms with Crippen LogP contribution in [0.1, 0.15) is 24.5 Å². The fourth-order valence-corrected chi connectivity index (χ4v) is 3.82. The first kappa shape index (κ1) is 37.8. The van der Waals surface area contributed by atoms with Gasteiger partial charge in [0, 0.05) is 51.8 Å². The molecule has 1 fully saturated rings. The van der Waals surface area contributed by atoms with E-state index in [0.29, 0.717) is 31.0 Å². The maximum Gasteiger partial charge on any atom is 0 e. The monoisotopic (exact) mass is 719 g/mol. The number of aliphatic carboxylic acids is 2. The van der Waals surface area contributed by atoms with Crippen LogP contribution in [0.4, 0.5) is 0 Å². The Morgan fingerprint density at radius 3 is 1.74 bits per heavy atom. The van der Waals surface area contributed by atoms with E-state index >= 15 is 0 Å². The second-order valence-corrected chi connectivity index (χ2v) is 7.59. The maximum atomic E-state index is 13.0. The van der Waals surface area contributed by atoms with Gasteiger partial charge >= 0.3 is 53.0 Å². The van der Waals surface area contributed by atoms with Crippen LogP contribution >= 0.6 is 0 Å². The number of carbonyl (C=O) groups excluding carboxylic acids is 1. The molecule has 1 aliphatic rings. The van der Waals surface area contributed by atoms with Crippen molar-refractivity contribution in [1.82, 2.24) is 28.9 Å². The number of nitrogens with zero attached hydrogens (tertiary/aromatic N) is 6. The SMILES string of the molecule is O=C(O)Cn1ccnc1CN(CC(=O)N1CCCC1B(O)O)Cc1nccn1CC(=O)O.[C-]#[O+].[C-]#[O+].[C-]#[O+].[Re]. The fraction of sp³-hybridized carbons (Fsp3) is 0.429. The maximum absolute atomic E-state index is 13.0. The summed E-state index contributed by atoms with van der Waals surface area (Å²) >= 11 is 0. The molecule has 0 aliphatic carbocycles. The summed E-state index contributed by atoms with van der Waals surface area (Å²) in [7, 11) is -1.64. The number of imidazole rings is 2. The van der Waals surface area contributed by atoms with Gasteiger partial charge in [-0.05, 0) is 12.8 Å². The first-order chi connectivity index (χ1) is 18.2. The molecule has 209 valence electrons. The molecule has 1 saturated heterocycles. The number of carboxylic acids is 2. The van der Waals surface area contributed by atoms with Crippen LogP contribution in [-0.4, -0.2) is 93.2 Å². The molecule has 1 radical (unpaired) electrons. The van der Waals surface area contributed by atoms with Crippen molar-refractivity contribution in [3.63, 3.8) is 0 Å². The summed E-state index contributed by atoms with van der Waals surface area (Å²) in [6.07, 6.45) is 7.10. The van der Waals surface area contributed by atoms with E-state index in [9.17, 15) is 24.4 Å². The van der Waals surface area contributed by atoms with Crippen LogP contribution in [0.15, 0.2) is 24.8 Å². The summed E-state index contributed by atoms with van der Waals surface area (Å²) in [5, 5.41) is 37.3. The quantitative estimate of drug-likeness (QED) is 0.115. The van der Waals surface area contributed by atoms with Crippen molar-refractivity contribution < 1.29 is 69.0 Å². The van der Waals surface area contributed by atoms with Gasteiger partial charge in [-0.15, -0.1) is 0 Å². The molecule has 0 bridgehead atoms. The molecular weight excluding hydrogens is 693 g/mol. The van der Waals surface area contributed by atoms with E-state index in [0.717, 1.165) is 0 Å². The van der Waals surface area contributed by atoms with Crippen molar-refractivity contribution >= 4 is 25.0 Å². The molecule has 0 spiro atoms. The van der Waals surface area contributed by atoms with Gasteiger partial charge in [-0.1, -0.05) is 0 Å². The number of aromatic nitrogens is 4. The molecule has 2 aromatic rings. The van der Waals surface area contributed by atoms with Crippen molar-refractivity contribution in [3.8, 4) is 0 Å². The largest absolute Gasteiger partial charge is 0 e. The molecule has 3 heterocycles. The number of carbonyl (C=O) groups is 3. The minimum absolute atomic E-state index is 0. The molecule has 0 saturated carbocycles. The molecule has 1 atom stereocenters. The van der Waals surface area contributed by atoms with Gasteiger partial charge in [0.25, 0.3) is 0 Å². The number of carboxylic acid groups (broad SMARTS) is 2. The number of rotatable bonds is 11. The Morgan fingerprint density at radius 1 is 0.923 bits per heavy atom. The molecule has 16 nitrogen and oxygen atoms in total. The molecule has 1 amide bonds. The van der Waals surface area contributed by atoms with Crippen molar-refractivity contribution in [2.75, 3.05) is 13.1 Å². The van der Waals surface area contributed by atoms with E-state index in [2.05, 4.69) is 29.9 Å². The summed E-state index contributed by atoms with van der Waals surface area (Å²) in [5.41, 5.74) is 0. The molecular formula is C21H25BN6O10Re. The van der Waals surface area contributed by atoms with Crippen LogP contribution in [0, 0.1) is 20.0 Å². The predicted molar refractivity (Wildman–Crippen MR) is 121 cm³/mol. The standard InChI is InChI=1S/C18H25BN6O7.3CO.Re/c26-16(25-5-1-2-13(25)19(31)32)10-22(8-14-20-3-6-23(14)11-17(27)28)9-15-21-4-7-24(15)12-18(29)30;3*1-2;/h3-4,6-7,13,31-32H,1-2,5,8-12H2,(H,27,28)(H,29,30);;;;. The van der Waals surface area contributed by atoms with E-state index in [4.69, 9.17) is 24.2 Å². The van der Waals surface area contributed by atoms with Crippen molar-refractivity contribution in [3.05, 3.63) is 56.4 Å². The normalized spacial score (nSPS) is 13.3. The van der Waals surface area contributed by atoms with Gasteiger partial charge in [-0.3, -0.25) is 19.3 Å². The summed E-state index contributed by atoms with van der Waals surface area (Å²) in [6.45, 7) is 13.4. The minimum Gasteiger partial charge on any atom is 0 e. The number of amides is 1. The average molecular weight is 718 g/mol. The van der Waals surface area contributed by atoms with Gasteiger partial charge in [-0.25, -0.2) is 9.97 Å². The zero-order chi connectivity index (χ0) is 29.3. The summed E-state index contributed by atoms with van der Waals surface area (Å²) < 4.78 is 25.4. The summed E-state index contributed by atoms with van der Waals surface area (Å²) in [6, 6.07) is 0. The van der Waals surface area contributed by atoms with Crippen LogP contribution in [-0.2, 0) is 74.9 Å². The molecule has 4 N–H and O–H groups in total. The first-order valence-corrected chi connectivity index (χ1v) is 10.7. The van der Waals surface area contributed by atoms with Gasteiger partial charge in [-0.2, -0.15) is 0 Å². The van der Waals surface area contributed by atoms with Crippen molar-refractivity contribution in [2.24, 2.45) is 0 Å². The molecule has 3 rings (SSSR count). The Bertz CT molecular complexity index is 1030. The van der Waals surface area contributed by atoms with Crippen LogP contribution in [0.25, 0.3) is 0 Å².